The third-order valence-corrected chi connectivity index (χ3v) is 5.24. The van der Waals surface area contributed by atoms with E-state index in [4.69, 9.17) is 9.72 Å². The molecule has 2 aromatic heterocycles. The second-order valence-corrected chi connectivity index (χ2v) is 7.41. The average molecular weight is 441 g/mol. The fourth-order valence-corrected chi connectivity index (χ4v) is 3.51. The molecule has 1 amide bonds. The van der Waals surface area contributed by atoms with E-state index in [1.165, 1.54) is 7.11 Å². The van der Waals surface area contributed by atoms with Gasteiger partial charge in [-0.2, -0.15) is 0 Å². The van der Waals surface area contributed by atoms with Gasteiger partial charge in [-0.15, -0.1) is 0 Å². The molecule has 0 fully saturated rings. The lowest BCUT2D eigenvalue weighted by atomic mass is 10.0. The first-order chi connectivity index (χ1) is 16.1. The van der Waals surface area contributed by atoms with Gasteiger partial charge in [-0.1, -0.05) is 18.2 Å². The van der Waals surface area contributed by atoms with Crippen LogP contribution in [0.1, 0.15) is 22.3 Å². The third-order valence-electron chi connectivity index (χ3n) is 5.24. The van der Waals surface area contributed by atoms with Crippen molar-refractivity contribution < 1.29 is 19.1 Å². The van der Waals surface area contributed by atoms with Crippen molar-refractivity contribution in [2.24, 2.45) is 0 Å². The Morgan fingerprint density at radius 2 is 1.76 bits per heavy atom. The number of aromatic nitrogens is 2. The van der Waals surface area contributed by atoms with Crippen LogP contribution in [0.5, 0.6) is 5.75 Å². The molecule has 0 saturated carbocycles. The van der Waals surface area contributed by atoms with Gasteiger partial charge in [0.25, 0.3) is 5.91 Å². The number of amides is 1. The van der Waals surface area contributed by atoms with Gasteiger partial charge in [-0.3, -0.25) is 14.6 Å². The Kier molecular flexibility index (Phi) is 6.59. The van der Waals surface area contributed by atoms with Gasteiger partial charge < -0.3 is 14.8 Å². The number of rotatable bonds is 7. The van der Waals surface area contributed by atoms with Crippen LogP contribution in [0.3, 0.4) is 0 Å². The summed E-state index contributed by atoms with van der Waals surface area (Å²) in [5.41, 5.74) is 4.17. The van der Waals surface area contributed by atoms with Gasteiger partial charge in [0.1, 0.15) is 5.75 Å². The smallest absolute Gasteiger partial charge is 0.305 e. The fourth-order valence-electron chi connectivity index (χ4n) is 3.51. The number of fused-ring (bicyclic) bond motifs is 1. The van der Waals surface area contributed by atoms with Crippen LogP contribution in [0.4, 0.5) is 5.69 Å². The molecule has 4 aromatic rings. The van der Waals surface area contributed by atoms with E-state index in [1.807, 2.05) is 54.6 Å². The molecular formula is C26H23N3O4. The number of nitrogens with zero attached hydrogens (tertiary/aromatic N) is 2. The first kappa shape index (κ1) is 22.0. The molecule has 166 valence electrons. The summed E-state index contributed by atoms with van der Waals surface area (Å²) in [5, 5.41) is 3.68. The number of carbonyl (C=O) groups excluding carboxylic acids is 2. The van der Waals surface area contributed by atoms with Gasteiger partial charge in [0.15, 0.2) is 0 Å². The Bertz CT molecular complexity index is 1300. The zero-order valence-corrected chi connectivity index (χ0v) is 18.4. The highest BCUT2D eigenvalue weighted by atomic mass is 16.5. The Labute approximate surface area is 191 Å². The SMILES string of the molecule is COC(=O)CCc1cncc(NC(=O)c2cc(-c3ccc(OC)cc3)nc3ccccc23)c1. The molecule has 7 heteroatoms. The minimum absolute atomic E-state index is 0.246. The number of ether oxygens (including phenoxy) is 2. The quantitative estimate of drug-likeness (QED) is 0.420. The largest absolute Gasteiger partial charge is 0.497 e. The van der Waals surface area contributed by atoms with Crippen molar-refractivity contribution >= 4 is 28.5 Å². The second-order valence-electron chi connectivity index (χ2n) is 7.41. The van der Waals surface area contributed by atoms with Crippen LogP contribution in [0.25, 0.3) is 22.2 Å². The van der Waals surface area contributed by atoms with E-state index in [9.17, 15) is 9.59 Å². The number of anilines is 1. The van der Waals surface area contributed by atoms with Crippen LogP contribution in [0, 0.1) is 0 Å². The van der Waals surface area contributed by atoms with Crippen LogP contribution in [0.15, 0.2) is 73.1 Å². The van der Waals surface area contributed by atoms with Crippen LogP contribution < -0.4 is 10.1 Å². The molecule has 0 saturated heterocycles. The van der Waals surface area contributed by atoms with Crippen molar-refractivity contribution in [1.82, 2.24) is 9.97 Å². The number of benzene rings is 2. The Hall–Kier alpha value is -4.26. The number of methoxy groups -OCH3 is 2. The van der Waals surface area contributed by atoms with Crippen molar-refractivity contribution in [3.05, 3.63) is 84.2 Å². The maximum Gasteiger partial charge on any atom is 0.305 e. The fraction of sp³-hybridized carbons (Fsp3) is 0.154. The topological polar surface area (TPSA) is 90.4 Å². The van der Waals surface area contributed by atoms with Crippen LogP contribution in [-0.2, 0) is 16.0 Å². The number of hydrogen-bond donors (Lipinski definition) is 1. The summed E-state index contributed by atoms with van der Waals surface area (Å²) in [6.45, 7) is 0. The van der Waals surface area contributed by atoms with E-state index in [2.05, 4.69) is 15.0 Å². The van der Waals surface area contributed by atoms with Gasteiger partial charge in [-0.05, 0) is 54.4 Å². The van der Waals surface area contributed by atoms with Crippen molar-refractivity contribution in [1.29, 1.82) is 0 Å². The number of hydrogen-bond acceptors (Lipinski definition) is 6. The first-order valence-corrected chi connectivity index (χ1v) is 10.4. The molecule has 0 spiro atoms. The maximum absolute atomic E-state index is 13.3. The Balaban J connectivity index is 1.64. The predicted octanol–water partition coefficient (Wildman–Crippen LogP) is 4.66. The Morgan fingerprint density at radius 1 is 0.970 bits per heavy atom. The number of pyridine rings is 2. The van der Waals surface area contributed by atoms with E-state index in [0.717, 1.165) is 27.8 Å². The average Bonchev–Trinajstić information content (AvgIpc) is 2.86. The Morgan fingerprint density at radius 3 is 2.52 bits per heavy atom. The van der Waals surface area contributed by atoms with E-state index in [1.54, 1.807) is 25.6 Å². The molecule has 0 aliphatic heterocycles. The van der Waals surface area contributed by atoms with E-state index in [0.29, 0.717) is 23.4 Å². The van der Waals surface area contributed by atoms with Gasteiger partial charge in [0.2, 0.25) is 0 Å². The molecule has 7 nitrogen and oxygen atoms in total. The highest BCUT2D eigenvalue weighted by Gasteiger charge is 2.15. The summed E-state index contributed by atoms with van der Waals surface area (Å²) in [4.78, 5) is 33.6. The number of carbonyl (C=O) groups is 2. The highest BCUT2D eigenvalue weighted by Crippen LogP contribution is 2.27. The van der Waals surface area contributed by atoms with Crippen molar-refractivity contribution in [3.63, 3.8) is 0 Å². The lowest BCUT2D eigenvalue weighted by molar-refractivity contribution is -0.140. The minimum Gasteiger partial charge on any atom is -0.497 e. The van der Waals surface area contributed by atoms with Crippen molar-refractivity contribution in [3.8, 4) is 17.0 Å². The van der Waals surface area contributed by atoms with Crippen LogP contribution in [0.2, 0.25) is 0 Å². The standard InChI is InChI=1S/C26H23N3O4/c1-32-20-10-8-18(9-11-20)24-14-22(21-5-3-4-6-23(21)29-24)26(31)28-19-13-17(15-27-16-19)7-12-25(30)33-2/h3-6,8-11,13-16H,7,12H2,1-2H3,(H,28,31). The maximum atomic E-state index is 13.3. The zero-order chi connectivity index (χ0) is 23.2. The predicted molar refractivity (Wildman–Crippen MR) is 126 cm³/mol. The zero-order valence-electron chi connectivity index (χ0n) is 18.4. The molecular weight excluding hydrogens is 418 g/mol. The molecule has 2 heterocycles. The van der Waals surface area contributed by atoms with E-state index < -0.39 is 0 Å². The summed E-state index contributed by atoms with van der Waals surface area (Å²) in [7, 11) is 2.97. The van der Waals surface area contributed by atoms with Crippen molar-refractivity contribution in [2.45, 2.75) is 12.8 Å². The summed E-state index contributed by atoms with van der Waals surface area (Å²) in [5.74, 6) is 0.186. The van der Waals surface area contributed by atoms with Crippen molar-refractivity contribution in [2.75, 3.05) is 19.5 Å². The van der Waals surface area contributed by atoms with Gasteiger partial charge >= 0.3 is 5.97 Å². The molecule has 0 radical (unpaired) electrons. The molecule has 0 atom stereocenters. The molecule has 0 aliphatic carbocycles. The summed E-state index contributed by atoms with van der Waals surface area (Å²) in [6.07, 6.45) is 3.97. The van der Waals surface area contributed by atoms with Crippen LogP contribution in [-0.4, -0.2) is 36.1 Å². The summed E-state index contributed by atoms with van der Waals surface area (Å²) < 4.78 is 9.92. The number of para-hydroxylation sites is 1. The minimum atomic E-state index is -0.293. The summed E-state index contributed by atoms with van der Waals surface area (Å²) in [6, 6.07) is 18.7. The van der Waals surface area contributed by atoms with E-state index in [-0.39, 0.29) is 18.3 Å². The van der Waals surface area contributed by atoms with Crippen LogP contribution >= 0.6 is 0 Å². The molecule has 4 rings (SSSR count). The number of esters is 1. The normalized spacial score (nSPS) is 10.6. The third kappa shape index (κ3) is 5.15. The molecule has 2 aromatic carbocycles. The van der Waals surface area contributed by atoms with Gasteiger partial charge in [0, 0.05) is 23.6 Å². The second kappa shape index (κ2) is 9.91. The van der Waals surface area contributed by atoms with Gasteiger partial charge in [-0.25, -0.2) is 4.98 Å². The first-order valence-electron chi connectivity index (χ1n) is 10.4. The molecule has 0 aliphatic rings. The molecule has 0 unspecified atom stereocenters. The van der Waals surface area contributed by atoms with Gasteiger partial charge in [0.05, 0.1) is 42.9 Å². The summed E-state index contributed by atoms with van der Waals surface area (Å²) >= 11 is 0. The molecule has 33 heavy (non-hydrogen) atoms. The highest BCUT2D eigenvalue weighted by molar-refractivity contribution is 6.13. The molecule has 1 N–H and O–H groups in total. The lowest BCUT2D eigenvalue weighted by Gasteiger charge is -2.11. The lowest BCUT2D eigenvalue weighted by Crippen LogP contribution is -2.13. The number of aryl methyl sites for hydroxylation is 1. The number of nitrogens with one attached hydrogen (secondary N) is 1. The monoisotopic (exact) mass is 441 g/mol. The van der Waals surface area contributed by atoms with E-state index >= 15 is 0 Å². The molecule has 0 bridgehead atoms.